The van der Waals surface area contributed by atoms with Crippen molar-refractivity contribution in [2.45, 2.75) is 25.3 Å². The van der Waals surface area contributed by atoms with E-state index in [0.717, 1.165) is 44.0 Å². The zero-order chi connectivity index (χ0) is 16.7. The SMILES string of the molecule is C=CCS[C@@H](C)C(=O)N1CCN(Cc2ccccc2CO)CC1. The Labute approximate surface area is 143 Å². The van der Waals surface area contributed by atoms with Gasteiger partial charge in [0, 0.05) is 38.5 Å². The smallest absolute Gasteiger partial charge is 0.235 e. The van der Waals surface area contributed by atoms with Crippen LogP contribution in [0.2, 0.25) is 0 Å². The Bertz CT molecular complexity index is 528. The fraction of sp³-hybridized carbons (Fsp3) is 0.500. The first-order valence-electron chi connectivity index (χ1n) is 8.07. The first-order chi connectivity index (χ1) is 11.2. The summed E-state index contributed by atoms with van der Waals surface area (Å²) in [7, 11) is 0. The molecule has 1 heterocycles. The number of benzene rings is 1. The summed E-state index contributed by atoms with van der Waals surface area (Å²) in [6.45, 7) is 9.89. The highest BCUT2D eigenvalue weighted by Crippen LogP contribution is 2.17. The van der Waals surface area contributed by atoms with Gasteiger partial charge in [0.2, 0.25) is 5.91 Å². The van der Waals surface area contributed by atoms with E-state index < -0.39 is 0 Å². The second-order valence-corrected chi connectivity index (χ2v) is 7.17. The molecule has 126 valence electrons. The molecule has 1 saturated heterocycles. The maximum atomic E-state index is 12.4. The van der Waals surface area contributed by atoms with Crippen molar-refractivity contribution in [1.82, 2.24) is 9.80 Å². The van der Waals surface area contributed by atoms with Crippen LogP contribution in [0.1, 0.15) is 18.1 Å². The van der Waals surface area contributed by atoms with Crippen LogP contribution in [-0.4, -0.2) is 58.0 Å². The van der Waals surface area contributed by atoms with Gasteiger partial charge in [-0.1, -0.05) is 30.3 Å². The van der Waals surface area contributed by atoms with Crippen LogP contribution in [0, 0.1) is 0 Å². The van der Waals surface area contributed by atoms with Gasteiger partial charge in [-0.15, -0.1) is 18.3 Å². The van der Waals surface area contributed by atoms with Crippen LogP contribution in [0.3, 0.4) is 0 Å². The zero-order valence-electron chi connectivity index (χ0n) is 13.8. The van der Waals surface area contributed by atoms with E-state index in [2.05, 4.69) is 17.5 Å². The standard InChI is InChI=1S/C18H26N2O2S/c1-3-12-23-15(2)18(22)20-10-8-19(9-11-20)13-16-6-4-5-7-17(16)14-21/h3-7,15,21H,1,8-14H2,2H3/t15-/m0/s1. The van der Waals surface area contributed by atoms with Crippen molar-refractivity contribution in [2.75, 3.05) is 31.9 Å². The van der Waals surface area contributed by atoms with Gasteiger partial charge in [-0.25, -0.2) is 0 Å². The predicted molar refractivity (Wildman–Crippen MR) is 96.3 cm³/mol. The van der Waals surface area contributed by atoms with Gasteiger partial charge in [0.05, 0.1) is 11.9 Å². The molecular formula is C18H26N2O2S. The highest BCUT2D eigenvalue weighted by molar-refractivity contribution is 8.00. The summed E-state index contributed by atoms with van der Waals surface area (Å²) in [5.41, 5.74) is 2.16. The summed E-state index contributed by atoms with van der Waals surface area (Å²) in [5, 5.41) is 9.41. The lowest BCUT2D eigenvalue weighted by molar-refractivity contribution is -0.132. The van der Waals surface area contributed by atoms with E-state index in [0.29, 0.717) is 0 Å². The maximum Gasteiger partial charge on any atom is 0.235 e. The molecule has 0 aromatic heterocycles. The lowest BCUT2D eigenvalue weighted by Gasteiger charge is -2.36. The molecule has 1 aromatic carbocycles. The molecule has 0 bridgehead atoms. The summed E-state index contributed by atoms with van der Waals surface area (Å²) in [6, 6.07) is 7.99. The Morgan fingerprint density at radius 1 is 1.30 bits per heavy atom. The fourth-order valence-corrected chi connectivity index (χ4v) is 3.49. The van der Waals surface area contributed by atoms with Crippen molar-refractivity contribution in [3.63, 3.8) is 0 Å². The molecule has 1 aliphatic heterocycles. The van der Waals surface area contributed by atoms with Gasteiger partial charge in [-0.3, -0.25) is 9.69 Å². The molecule has 1 aliphatic rings. The van der Waals surface area contributed by atoms with Gasteiger partial charge < -0.3 is 10.0 Å². The molecule has 23 heavy (non-hydrogen) atoms. The lowest BCUT2D eigenvalue weighted by Crippen LogP contribution is -2.50. The molecule has 5 heteroatoms. The molecule has 1 N–H and O–H groups in total. The van der Waals surface area contributed by atoms with Crippen LogP contribution in [0.4, 0.5) is 0 Å². The first kappa shape index (κ1) is 18.0. The van der Waals surface area contributed by atoms with E-state index >= 15 is 0 Å². The number of carbonyl (C=O) groups excluding carboxylic acids is 1. The minimum Gasteiger partial charge on any atom is -0.392 e. The topological polar surface area (TPSA) is 43.8 Å². The number of rotatable bonds is 7. The lowest BCUT2D eigenvalue weighted by atomic mass is 10.1. The fourth-order valence-electron chi connectivity index (χ4n) is 2.77. The van der Waals surface area contributed by atoms with Gasteiger partial charge in [-0.2, -0.15) is 0 Å². The van der Waals surface area contributed by atoms with Crippen molar-refractivity contribution in [1.29, 1.82) is 0 Å². The summed E-state index contributed by atoms with van der Waals surface area (Å²) in [5.74, 6) is 1.04. The monoisotopic (exact) mass is 334 g/mol. The number of amides is 1. The number of aliphatic hydroxyl groups is 1. The second kappa shape index (κ2) is 9.11. The summed E-state index contributed by atoms with van der Waals surface area (Å²) in [6.07, 6.45) is 1.84. The number of hydrogen-bond acceptors (Lipinski definition) is 4. The van der Waals surface area contributed by atoms with E-state index in [1.807, 2.05) is 36.1 Å². The highest BCUT2D eigenvalue weighted by atomic mass is 32.2. The number of nitrogens with zero attached hydrogens (tertiary/aromatic N) is 2. The van der Waals surface area contributed by atoms with E-state index in [1.54, 1.807) is 11.8 Å². The molecule has 0 radical (unpaired) electrons. The van der Waals surface area contributed by atoms with Crippen molar-refractivity contribution >= 4 is 17.7 Å². The summed E-state index contributed by atoms with van der Waals surface area (Å²) in [4.78, 5) is 16.7. The van der Waals surface area contributed by atoms with Crippen LogP contribution in [0.5, 0.6) is 0 Å². The summed E-state index contributed by atoms with van der Waals surface area (Å²) < 4.78 is 0. The third kappa shape index (κ3) is 5.09. The van der Waals surface area contributed by atoms with Crippen molar-refractivity contribution < 1.29 is 9.90 Å². The Morgan fingerprint density at radius 2 is 1.96 bits per heavy atom. The molecular weight excluding hydrogens is 308 g/mol. The Kier molecular flexibility index (Phi) is 7.15. The maximum absolute atomic E-state index is 12.4. The van der Waals surface area contributed by atoms with Gasteiger partial charge in [-0.05, 0) is 18.1 Å². The molecule has 0 aliphatic carbocycles. The molecule has 0 unspecified atom stereocenters. The zero-order valence-corrected chi connectivity index (χ0v) is 14.6. The number of thioether (sulfide) groups is 1. The van der Waals surface area contributed by atoms with Crippen molar-refractivity contribution in [3.8, 4) is 0 Å². The Balaban J connectivity index is 1.84. The average molecular weight is 334 g/mol. The Morgan fingerprint density at radius 3 is 2.57 bits per heavy atom. The molecule has 2 rings (SSSR count). The van der Waals surface area contributed by atoms with E-state index in [9.17, 15) is 9.90 Å². The number of carbonyl (C=O) groups is 1. The summed E-state index contributed by atoms with van der Waals surface area (Å²) >= 11 is 1.64. The number of piperazine rings is 1. The molecule has 0 saturated carbocycles. The van der Waals surface area contributed by atoms with Crippen LogP contribution in [0.25, 0.3) is 0 Å². The molecule has 1 aromatic rings. The van der Waals surface area contributed by atoms with Crippen LogP contribution in [-0.2, 0) is 17.9 Å². The van der Waals surface area contributed by atoms with Crippen molar-refractivity contribution in [2.24, 2.45) is 0 Å². The third-order valence-electron chi connectivity index (χ3n) is 4.18. The van der Waals surface area contributed by atoms with E-state index in [4.69, 9.17) is 0 Å². The first-order valence-corrected chi connectivity index (χ1v) is 9.12. The Hall–Kier alpha value is -1.30. The molecule has 1 fully saturated rings. The normalized spacial score (nSPS) is 17.0. The quantitative estimate of drug-likeness (QED) is 0.776. The van der Waals surface area contributed by atoms with E-state index in [1.165, 1.54) is 5.56 Å². The van der Waals surface area contributed by atoms with Crippen LogP contribution in [0.15, 0.2) is 36.9 Å². The molecule has 0 spiro atoms. The largest absolute Gasteiger partial charge is 0.392 e. The molecule has 1 atom stereocenters. The van der Waals surface area contributed by atoms with Gasteiger partial charge >= 0.3 is 0 Å². The van der Waals surface area contributed by atoms with Crippen molar-refractivity contribution in [3.05, 3.63) is 48.0 Å². The molecule has 4 nitrogen and oxygen atoms in total. The minimum atomic E-state index is -0.00494. The number of hydrogen-bond donors (Lipinski definition) is 1. The van der Waals surface area contributed by atoms with Gasteiger partial charge in [0.25, 0.3) is 0 Å². The molecule has 1 amide bonds. The minimum absolute atomic E-state index is 0.00494. The van der Waals surface area contributed by atoms with Crippen LogP contribution < -0.4 is 0 Å². The van der Waals surface area contributed by atoms with Gasteiger partial charge in [0.15, 0.2) is 0 Å². The van der Waals surface area contributed by atoms with E-state index in [-0.39, 0.29) is 17.8 Å². The van der Waals surface area contributed by atoms with Crippen LogP contribution >= 0.6 is 11.8 Å². The number of aliphatic hydroxyl groups excluding tert-OH is 1. The second-order valence-electron chi connectivity index (χ2n) is 5.79. The highest BCUT2D eigenvalue weighted by Gasteiger charge is 2.25. The third-order valence-corrected chi connectivity index (χ3v) is 5.31. The average Bonchev–Trinajstić information content (AvgIpc) is 2.60. The van der Waals surface area contributed by atoms with Gasteiger partial charge in [0.1, 0.15) is 0 Å². The predicted octanol–water partition coefficient (Wildman–Crippen LogP) is 2.13.